The summed E-state index contributed by atoms with van der Waals surface area (Å²) in [5.41, 5.74) is 1.46. The van der Waals surface area contributed by atoms with Crippen LogP contribution in [0.3, 0.4) is 0 Å². The fraction of sp³-hybridized carbons (Fsp3) is 0.429. The van der Waals surface area contributed by atoms with E-state index in [0.717, 1.165) is 0 Å². The molecule has 1 atom stereocenters. The molecule has 0 heterocycles. The highest BCUT2D eigenvalue weighted by atomic mass is 28.3. The molecule has 1 aliphatic carbocycles. The van der Waals surface area contributed by atoms with Crippen molar-refractivity contribution in [2.75, 3.05) is 0 Å². The summed E-state index contributed by atoms with van der Waals surface area (Å²) in [7, 11) is -2.54. The van der Waals surface area contributed by atoms with E-state index < -0.39 is 8.24 Å². The molecule has 2 heteroatoms. The third-order valence-corrected chi connectivity index (χ3v) is 12.3. The van der Waals surface area contributed by atoms with Crippen LogP contribution in [0.25, 0.3) is 0 Å². The second-order valence-electron chi connectivity index (χ2n) is 11.1. The monoisotopic (exact) mass is 417 g/mol. The molecule has 2 aromatic carbocycles. The summed E-state index contributed by atoms with van der Waals surface area (Å²) in [4.78, 5) is 4.29. The smallest absolute Gasteiger partial charge is 0.204 e. The minimum Gasteiger partial charge on any atom is -0.325 e. The quantitative estimate of drug-likeness (QED) is 0.582. The van der Waals surface area contributed by atoms with Crippen LogP contribution in [0, 0.1) is 11.3 Å². The van der Waals surface area contributed by atoms with Gasteiger partial charge in [0.2, 0.25) is 8.24 Å². The number of rotatable bonds is 5. The van der Waals surface area contributed by atoms with Gasteiger partial charge in [-0.05, 0) is 48.1 Å². The van der Waals surface area contributed by atoms with E-state index in [1.165, 1.54) is 15.9 Å². The maximum atomic E-state index is 4.29. The Labute approximate surface area is 185 Å². The maximum absolute atomic E-state index is 4.29. The van der Waals surface area contributed by atoms with Crippen LogP contribution < -0.4 is 15.4 Å². The molecule has 0 fully saturated rings. The van der Waals surface area contributed by atoms with Gasteiger partial charge in [-0.3, -0.25) is 0 Å². The number of nitrogens with one attached hydrogen (secondary N) is 1. The van der Waals surface area contributed by atoms with Crippen LogP contribution in [0.1, 0.15) is 55.4 Å². The SMILES string of the molecule is CC(C)C1=CC(C(C)(C)C)([Si](NC(C)(C)C)(c2ccccc2)c2ccccc2)C=C1. The van der Waals surface area contributed by atoms with Crippen molar-refractivity contribution >= 4 is 18.6 Å². The molecule has 30 heavy (non-hydrogen) atoms. The predicted molar refractivity (Wildman–Crippen MR) is 135 cm³/mol. The normalized spacial score (nSPS) is 20.0. The maximum Gasteiger partial charge on any atom is 0.204 e. The van der Waals surface area contributed by atoms with Crippen molar-refractivity contribution in [2.24, 2.45) is 11.3 Å². The van der Waals surface area contributed by atoms with Crippen LogP contribution in [0.4, 0.5) is 0 Å². The van der Waals surface area contributed by atoms with E-state index >= 15 is 0 Å². The number of allylic oxidation sites excluding steroid dienone is 4. The average Bonchev–Trinajstić information content (AvgIpc) is 3.14. The van der Waals surface area contributed by atoms with Crippen LogP contribution in [-0.2, 0) is 0 Å². The highest BCUT2D eigenvalue weighted by Crippen LogP contribution is 2.58. The molecule has 1 N–H and O–H groups in total. The molecule has 160 valence electrons. The van der Waals surface area contributed by atoms with Crippen LogP contribution in [-0.4, -0.2) is 13.8 Å². The van der Waals surface area contributed by atoms with E-state index in [2.05, 4.69) is 139 Å². The van der Waals surface area contributed by atoms with Crippen molar-refractivity contribution in [3.63, 3.8) is 0 Å². The predicted octanol–water partition coefficient (Wildman–Crippen LogP) is 6.07. The Kier molecular flexibility index (Phi) is 6.06. The second kappa shape index (κ2) is 7.98. The van der Waals surface area contributed by atoms with Crippen molar-refractivity contribution in [1.29, 1.82) is 0 Å². The summed E-state index contributed by atoms with van der Waals surface area (Å²) in [6.45, 7) is 18.8. The van der Waals surface area contributed by atoms with Crippen molar-refractivity contribution in [2.45, 2.75) is 66.0 Å². The van der Waals surface area contributed by atoms with Crippen molar-refractivity contribution < 1.29 is 0 Å². The molecular weight excluding hydrogens is 378 g/mol. The molecule has 0 spiro atoms. The summed E-state index contributed by atoms with van der Waals surface area (Å²) in [5.74, 6) is 0.512. The van der Waals surface area contributed by atoms with E-state index in [4.69, 9.17) is 0 Å². The van der Waals surface area contributed by atoms with Crippen molar-refractivity contribution in [1.82, 2.24) is 4.98 Å². The van der Waals surface area contributed by atoms with Crippen LogP contribution in [0.2, 0.25) is 5.04 Å². The van der Waals surface area contributed by atoms with Gasteiger partial charge in [0.05, 0.1) is 0 Å². The molecule has 0 saturated carbocycles. The molecule has 0 aliphatic heterocycles. The highest BCUT2D eigenvalue weighted by Gasteiger charge is 2.61. The molecule has 1 aliphatic rings. The third-order valence-electron chi connectivity index (χ3n) is 6.44. The number of benzene rings is 2. The molecule has 0 bridgehead atoms. The van der Waals surface area contributed by atoms with Gasteiger partial charge in [-0.15, -0.1) is 0 Å². The Morgan fingerprint density at radius 2 is 1.23 bits per heavy atom. The Morgan fingerprint density at radius 1 is 0.767 bits per heavy atom. The van der Waals surface area contributed by atoms with Crippen LogP contribution in [0.15, 0.2) is 84.5 Å². The molecule has 0 saturated heterocycles. The Bertz CT molecular complexity index is 871. The molecule has 2 aromatic rings. The van der Waals surface area contributed by atoms with Crippen molar-refractivity contribution in [3.8, 4) is 0 Å². The average molecular weight is 418 g/mol. The van der Waals surface area contributed by atoms with E-state index in [9.17, 15) is 0 Å². The van der Waals surface area contributed by atoms with Gasteiger partial charge >= 0.3 is 0 Å². The summed E-state index contributed by atoms with van der Waals surface area (Å²) in [5, 5.41) is 2.77. The van der Waals surface area contributed by atoms with Gasteiger partial charge in [0.1, 0.15) is 0 Å². The van der Waals surface area contributed by atoms with Gasteiger partial charge in [0, 0.05) is 10.6 Å². The van der Waals surface area contributed by atoms with Gasteiger partial charge in [0.25, 0.3) is 0 Å². The van der Waals surface area contributed by atoms with E-state index in [1.807, 2.05) is 0 Å². The zero-order valence-electron chi connectivity index (χ0n) is 20.1. The van der Waals surface area contributed by atoms with Crippen molar-refractivity contribution in [3.05, 3.63) is 84.5 Å². The summed E-state index contributed by atoms with van der Waals surface area (Å²) in [6, 6.07) is 22.5. The number of hydrogen-bond acceptors (Lipinski definition) is 1. The topological polar surface area (TPSA) is 12.0 Å². The Balaban J connectivity index is 2.48. The molecule has 3 rings (SSSR count). The molecule has 0 aromatic heterocycles. The lowest BCUT2D eigenvalue weighted by Gasteiger charge is -2.55. The third kappa shape index (κ3) is 3.88. The Hall–Kier alpha value is -1.90. The van der Waals surface area contributed by atoms with E-state index in [-0.39, 0.29) is 16.0 Å². The van der Waals surface area contributed by atoms with Crippen LogP contribution in [0.5, 0.6) is 0 Å². The van der Waals surface area contributed by atoms with E-state index in [0.29, 0.717) is 5.92 Å². The lowest BCUT2D eigenvalue weighted by atomic mass is 9.80. The lowest BCUT2D eigenvalue weighted by Crippen LogP contribution is -2.79. The molecule has 0 radical (unpaired) electrons. The summed E-state index contributed by atoms with van der Waals surface area (Å²) < 4.78 is 0. The van der Waals surface area contributed by atoms with Gasteiger partial charge < -0.3 is 4.98 Å². The van der Waals surface area contributed by atoms with Crippen LogP contribution >= 0.6 is 0 Å². The largest absolute Gasteiger partial charge is 0.325 e. The first-order chi connectivity index (χ1) is 13.9. The Morgan fingerprint density at radius 3 is 1.57 bits per heavy atom. The summed E-state index contributed by atoms with van der Waals surface area (Å²) in [6.07, 6.45) is 7.55. The minimum atomic E-state index is -2.54. The zero-order chi connectivity index (χ0) is 22.2. The first kappa shape index (κ1) is 22.8. The standard InChI is InChI=1S/C28H39NSi/c1-22(2)23-19-20-28(21-23,26(3,4)5)30(29-27(6,7)8,24-15-11-9-12-16-24)25-17-13-10-14-18-25/h9-22,29H,1-8H3. The first-order valence-corrected chi connectivity index (χ1v) is 13.3. The first-order valence-electron chi connectivity index (χ1n) is 11.3. The van der Waals surface area contributed by atoms with Gasteiger partial charge in [-0.25, -0.2) is 0 Å². The molecule has 0 amide bonds. The zero-order valence-corrected chi connectivity index (χ0v) is 21.1. The molecule has 1 unspecified atom stereocenters. The second-order valence-corrected chi connectivity index (χ2v) is 14.8. The van der Waals surface area contributed by atoms with Gasteiger partial charge in [-0.1, -0.05) is 114 Å². The lowest BCUT2D eigenvalue weighted by molar-refractivity contribution is 0.342. The highest BCUT2D eigenvalue weighted by molar-refractivity contribution is 7.03. The molecular formula is C28H39NSi. The molecule has 1 nitrogen and oxygen atoms in total. The minimum absolute atomic E-state index is 0.0293. The number of hydrogen-bond donors (Lipinski definition) is 1. The van der Waals surface area contributed by atoms with E-state index in [1.54, 1.807) is 0 Å². The fourth-order valence-corrected chi connectivity index (χ4v) is 11.2. The fourth-order valence-electron chi connectivity index (χ4n) is 5.04. The van der Waals surface area contributed by atoms with Gasteiger partial charge in [0.15, 0.2) is 0 Å². The summed E-state index contributed by atoms with van der Waals surface area (Å²) >= 11 is 0. The van der Waals surface area contributed by atoms with Gasteiger partial charge in [-0.2, -0.15) is 0 Å².